The van der Waals surface area contributed by atoms with Crippen molar-refractivity contribution < 1.29 is 28.9 Å². The Kier molecular flexibility index (Phi) is 5.45. The van der Waals surface area contributed by atoms with E-state index in [4.69, 9.17) is 14.2 Å². The Bertz CT molecular complexity index is 856. The quantitative estimate of drug-likeness (QED) is 0.747. The first-order chi connectivity index (χ1) is 13.6. The molecule has 160 valence electrons. The van der Waals surface area contributed by atoms with Crippen LogP contribution in [0.3, 0.4) is 0 Å². The van der Waals surface area contributed by atoms with Crippen LogP contribution in [-0.2, 0) is 14.9 Å². The van der Waals surface area contributed by atoms with Crippen LogP contribution >= 0.6 is 0 Å². The van der Waals surface area contributed by atoms with E-state index >= 15 is 0 Å². The molecule has 3 atom stereocenters. The van der Waals surface area contributed by atoms with E-state index in [0.717, 1.165) is 19.3 Å². The molecule has 2 aliphatic carbocycles. The highest BCUT2D eigenvalue weighted by molar-refractivity contribution is 6.47. The van der Waals surface area contributed by atoms with E-state index in [2.05, 4.69) is 0 Å². The van der Waals surface area contributed by atoms with Crippen LogP contribution in [0.25, 0.3) is 0 Å². The topological polar surface area (TPSA) is 82.1 Å². The Labute approximate surface area is 172 Å². The number of hydrogen-bond donors (Lipinski definition) is 1. The third kappa shape index (κ3) is 2.95. The van der Waals surface area contributed by atoms with Crippen molar-refractivity contribution in [2.75, 3.05) is 27.9 Å². The van der Waals surface area contributed by atoms with Gasteiger partial charge in [0.1, 0.15) is 5.75 Å². The molecule has 0 aliphatic heterocycles. The van der Waals surface area contributed by atoms with E-state index in [9.17, 15) is 14.7 Å². The summed E-state index contributed by atoms with van der Waals surface area (Å²) in [6.45, 7) is 8.30. The summed E-state index contributed by atoms with van der Waals surface area (Å²) in [7, 11) is 4.63. The molecule has 0 unspecified atom stereocenters. The van der Waals surface area contributed by atoms with Crippen molar-refractivity contribution in [1.82, 2.24) is 0 Å². The van der Waals surface area contributed by atoms with Crippen molar-refractivity contribution in [1.29, 1.82) is 0 Å². The number of rotatable bonds is 5. The number of phenols is 1. The fourth-order valence-electron chi connectivity index (χ4n) is 5.89. The number of fused-ring (bicyclic) bond motifs is 3. The lowest BCUT2D eigenvalue weighted by molar-refractivity contribution is -0.128. The number of ether oxygens (including phenoxy) is 3. The van der Waals surface area contributed by atoms with Crippen LogP contribution in [0.15, 0.2) is 0 Å². The summed E-state index contributed by atoms with van der Waals surface area (Å²) in [5.74, 6) is -1.14. The molecule has 1 aromatic rings. The number of carbonyl (C=O) groups excluding carboxylic acids is 2. The molecule has 0 heterocycles. The highest BCUT2D eigenvalue weighted by atomic mass is 16.5. The monoisotopic (exact) mass is 404 g/mol. The van der Waals surface area contributed by atoms with Gasteiger partial charge < -0.3 is 19.3 Å². The minimum atomic E-state index is -0.637. The number of ketones is 2. The third-order valence-electron chi connectivity index (χ3n) is 6.96. The van der Waals surface area contributed by atoms with Gasteiger partial charge >= 0.3 is 0 Å². The van der Waals surface area contributed by atoms with Gasteiger partial charge in [-0.15, -0.1) is 0 Å². The predicted molar refractivity (Wildman–Crippen MR) is 109 cm³/mol. The molecule has 0 saturated heterocycles. The van der Waals surface area contributed by atoms with E-state index in [1.165, 1.54) is 14.2 Å². The van der Waals surface area contributed by atoms with Gasteiger partial charge in [-0.05, 0) is 18.3 Å². The number of hydrogen-bond acceptors (Lipinski definition) is 6. The fraction of sp³-hybridized carbons (Fsp3) is 0.652. The van der Waals surface area contributed by atoms with Crippen LogP contribution in [0.4, 0.5) is 0 Å². The largest absolute Gasteiger partial charge is 0.507 e. The fourth-order valence-corrected chi connectivity index (χ4v) is 5.89. The molecule has 0 spiro atoms. The molecule has 0 aromatic heterocycles. The van der Waals surface area contributed by atoms with Gasteiger partial charge in [0.05, 0.1) is 26.4 Å². The number of benzene rings is 1. The Balaban J connectivity index is 2.43. The van der Waals surface area contributed by atoms with Crippen molar-refractivity contribution in [3.63, 3.8) is 0 Å². The first kappa shape index (κ1) is 21.6. The van der Waals surface area contributed by atoms with Gasteiger partial charge in [-0.3, -0.25) is 9.59 Å². The van der Waals surface area contributed by atoms with E-state index in [-0.39, 0.29) is 22.6 Å². The molecular formula is C23H32O6. The minimum Gasteiger partial charge on any atom is -0.507 e. The van der Waals surface area contributed by atoms with Gasteiger partial charge in [-0.25, -0.2) is 0 Å². The van der Waals surface area contributed by atoms with Crippen LogP contribution in [0.5, 0.6) is 17.2 Å². The third-order valence-corrected chi connectivity index (χ3v) is 6.96. The molecule has 1 N–H and O–H groups in total. The standard InChI is InChI=1S/C23H32O6/c1-12(11-27-5)13-16(24)14-15(20(29-7)19(13)28-6)23(4)10-8-9-22(2,3)21(23)18(26)17(14)25/h12,21,24H,8-11H2,1-7H3/t12-,21+,23-/m0/s1. The Hall–Kier alpha value is -2.08. The molecule has 1 saturated carbocycles. The number of aromatic hydroxyl groups is 1. The highest BCUT2D eigenvalue weighted by Gasteiger charge is 2.59. The summed E-state index contributed by atoms with van der Waals surface area (Å²) in [5, 5.41) is 11.2. The van der Waals surface area contributed by atoms with E-state index in [1.54, 1.807) is 7.11 Å². The molecule has 0 amide bonds. The number of phenolic OH excluding ortho intramolecular Hbond substituents is 1. The molecular weight excluding hydrogens is 372 g/mol. The summed E-state index contributed by atoms with van der Waals surface area (Å²) < 4.78 is 16.7. The molecule has 1 aromatic carbocycles. The number of Topliss-reactive ketones (excluding diaryl/α,β-unsaturated/α-hetero) is 2. The van der Waals surface area contributed by atoms with Crippen molar-refractivity contribution in [3.8, 4) is 17.2 Å². The summed E-state index contributed by atoms with van der Waals surface area (Å²) in [4.78, 5) is 26.6. The molecule has 2 aliphatic rings. The first-order valence-electron chi connectivity index (χ1n) is 10.2. The van der Waals surface area contributed by atoms with Crippen molar-refractivity contribution in [2.45, 2.75) is 58.3 Å². The normalized spacial score (nSPS) is 26.5. The van der Waals surface area contributed by atoms with E-state index in [1.807, 2.05) is 27.7 Å². The smallest absolute Gasteiger partial charge is 0.233 e. The zero-order valence-electron chi connectivity index (χ0n) is 18.5. The van der Waals surface area contributed by atoms with Gasteiger partial charge in [-0.2, -0.15) is 0 Å². The summed E-state index contributed by atoms with van der Waals surface area (Å²) in [5.41, 5.74) is 0.157. The van der Waals surface area contributed by atoms with Gasteiger partial charge in [0.15, 0.2) is 11.5 Å². The molecule has 6 heteroatoms. The second-order valence-corrected chi connectivity index (χ2v) is 9.32. The second-order valence-electron chi connectivity index (χ2n) is 9.32. The second kappa shape index (κ2) is 7.31. The Morgan fingerprint density at radius 1 is 1.07 bits per heavy atom. The van der Waals surface area contributed by atoms with Crippen molar-refractivity contribution in [2.24, 2.45) is 11.3 Å². The highest BCUT2D eigenvalue weighted by Crippen LogP contribution is 2.61. The summed E-state index contributed by atoms with van der Waals surface area (Å²) in [6, 6.07) is 0. The first-order valence-corrected chi connectivity index (χ1v) is 10.2. The van der Waals surface area contributed by atoms with Crippen molar-refractivity contribution in [3.05, 3.63) is 16.7 Å². The molecule has 1 fully saturated rings. The maximum Gasteiger partial charge on any atom is 0.233 e. The van der Waals surface area contributed by atoms with Crippen LogP contribution in [0.1, 0.15) is 74.4 Å². The van der Waals surface area contributed by atoms with Crippen LogP contribution in [0.2, 0.25) is 0 Å². The molecule has 3 rings (SSSR count). The summed E-state index contributed by atoms with van der Waals surface area (Å²) in [6.07, 6.45) is 2.53. The SMILES string of the molecule is COC[C@H](C)c1c(O)c2c(c(OC)c1OC)[C@]1(C)CCCC(C)(C)[C@H]1C(=O)C2=O. The van der Waals surface area contributed by atoms with Gasteiger partial charge in [0.25, 0.3) is 0 Å². The maximum atomic E-state index is 13.3. The lowest BCUT2D eigenvalue weighted by atomic mass is 9.49. The van der Waals surface area contributed by atoms with Gasteiger partial charge in [-0.1, -0.05) is 34.1 Å². The van der Waals surface area contributed by atoms with E-state index in [0.29, 0.717) is 29.2 Å². The Morgan fingerprint density at radius 3 is 2.24 bits per heavy atom. The lowest BCUT2D eigenvalue weighted by Crippen LogP contribution is -2.55. The average molecular weight is 405 g/mol. The maximum absolute atomic E-state index is 13.3. The zero-order chi connectivity index (χ0) is 21.7. The predicted octanol–water partition coefficient (Wildman–Crippen LogP) is 4.01. The lowest BCUT2D eigenvalue weighted by Gasteiger charge is -2.52. The van der Waals surface area contributed by atoms with E-state index < -0.39 is 22.9 Å². The minimum absolute atomic E-state index is 0.0713. The number of carbonyl (C=O) groups is 2. The van der Waals surface area contributed by atoms with Crippen LogP contribution < -0.4 is 9.47 Å². The van der Waals surface area contributed by atoms with Gasteiger partial charge in [0, 0.05) is 35.5 Å². The summed E-state index contributed by atoms with van der Waals surface area (Å²) >= 11 is 0. The van der Waals surface area contributed by atoms with Crippen molar-refractivity contribution >= 4 is 11.6 Å². The molecule has 0 radical (unpaired) electrons. The molecule has 29 heavy (non-hydrogen) atoms. The molecule has 0 bridgehead atoms. The number of methoxy groups -OCH3 is 3. The average Bonchev–Trinajstić information content (AvgIpc) is 2.64. The Morgan fingerprint density at radius 2 is 1.69 bits per heavy atom. The zero-order valence-corrected chi connectivity index (χ0v) is 18.5. The van der Waals surface area contributed by atoms with Gasteiger partial charge in [0.2, 0.25) is 11.6 Å². The van der Waals surface area contributed by atoms with Crippen LogP contribution in [-0.4, -0.2) is 44.6 Å². The van der Waals surface area contributed by atoms with Crippen LogP contribution in [0, 0.1) is 11.3 Å². The molecule has 6 nitrogen and oxygen atoms in total.